The third kappa shape index (κ3) is 4.69. The second-order valence-corrected chi connectivity index (χ2v) is 9.91. The van der Waals surface area contributed by atoms with Crippen LogP contribution >= 0.6 is 11.3 Å². The number of thiophene rings is 1. The molecule has 1 aliphatic carbocycles. The molecule has 0 saturated carbocycles. The molecule has 0 spiro atoms. The maximum absolute atomic E-state index is 13.1. The van der Waals surface area contributed by atoms with E-state index in [-0.39, 0.29) is 11.3 Å². The number of ether oxygens (including phenoxy) is 2. The topological polar surface area (TPSA) is 64.6 Å². The summed E-state index contributed by atoms with van der Waals surface area (Å²) in [6, 6.07) is 7.18. The Balaban J connectivity index is 1.92. The fourth-order valence-electron chi connectivity index (χ4n) is 3.89. The first-order valence-corrected chi connectivity index (χ1v) is 11.3. The van der Waals surface area contributed by atoms with E-state index in [1.54, 1.807) is 12.1 Å². The van der Waals surface area contributed by atoms with Crippen LogP contribution in [0.3, 0.4) is 0 Å². The number of nitrogens with one attached hydrogen (secondary N) is 1. The lowest BCUT2D eigenvalue weighted by Crippen LogP contribution is -2.26. The van der Waals surface area contributed by atoms with Crippen molar-refractivity contribution in [3.8, 4) is 5.75 Å². The molecular weight excluding hydrogens is 398 g/mol. The Morgan fingerprint density at radius 3 is 2.63 bits per heavy atom. The smallest absolute Gasteiger partial charge is 0.341 e. The number of carbonyl (C=O) groups excluding carboxylic acids is 2. The second-order valence-electron chi connectivity index (χ2n) is 8.80. The first kappa shape index (κ1) is 22.3. The molecule has 1 heterocycles. The van der Waals surface area contributed by atoms with Gasteiger partial charge in [-0.3, -0.25) is 4.79 Å². The molecule has 1 amide bonds. The minimum Gasteiger partial charge on any atom is -0.493 e. The third-order valence-electron chi connectivity index (χ3n) is 5.70. The van der Waals surface area contributed by atoms with Gasteiger partial charge < -0.3 is 14.8 Å². The van der Waals surface area contributed by atoms with E-state index in [1.165, 1.54) is 23.3 Å². The second kappa shape index (κ2) is 9.21. The standard InChI is InChI=1S/C24H31NO4S/c1-6-13-29-18-10-8-7-9-16(18)21(26)25-22-20(23(27)28-5)17-12-11-15(24(2,3)4)14-19(17)30-22/h7-10,15H,6,11-14H2,1-5H3,(H,25,26). The quantitative estimate of drug-likeness (QED) is 0.596. The predicted octanol–water partition coefficient (Wildman–Crippen LogP) is 5.73. The molecule has 3 rings (SSSR count). The molecule has 0 aliphatic heterocycles. The zero-order chi connectivity index (χ0) is 21.9. The molecule has 0 saturated heterocycles. The first-order chi connectivity index (χ1) is 14.3. The van der Waals surface area contributed by atoms with Crippen molar-refractivity contribution in [3.63, 3.8) is 0 Å². The predicted molar refractivity (Wildman–Crippen MR) is 121 cm³/mol. The summed E-state index contributed by atoms with van der Waals surface area (Å²) in [5, 5.41) is 3.53. The van der Waals surface area contributed by atoms with Crippen molar-refractivity contribution >= 4 is 28.2 Å². The zero-order valence-corrected chi connectivity index (χ0v) is 19.3. The SMILES string of the molecule is CCCOc1ccccc1C(=O)Nc1sc2c(c1C(=O)OC)CCC(C(C)(C)C)C2. The molecule has 2 aromatic rings. The lowest BCUT2D eigenvalue weighted by atomic mass is 9.72. The summed E-state index contributed by atoms with van der Waals surface area (Å²) in [6.07, 6.45) is 3.62. The molecule has 5 nitrogen and oxygen atoms in total. The molecule has 0 fully saturated rings. The minimum atomic E-state index is -0.396. The number of benzene rings is 1. The highest BCUT2D eigenvalue weighted by Gasteiger charge is 2.34. The number of anilines is 1. The van der Waals surface area contributed by atoms with Crippen LogP contribution in [0.25, 0.3) is 0 Å². The molecule has 1 aliphatic rings. The van der Waals surface area contributed by atoms with Gasteiger partial charge in [-0.05, 0) is 54.7 Å². The highest BCUT2D eigenvalue weighted by Crippen LogP contribution is 2.44. The number of rotatable bonds is 6. The van der Waals surface area contributed by atoms with Gasteiger partial charge in [-0.1, -0.05) is 39.8 Å². The average Bonchev–Trinajstić information content (AvgIpc) is 3.08. The maximum Gasteiger partial charge on any atom is 0.341 e. The van der Waals surface area contributed by atoms with Crippen molar-refractivity contribution in [1.29, 1.82) is 0 Å². The highest BCUT2D eigenvalue weighted by atomic mass is 32.1. The van der Waals surface area contributed by atoms with Gasteiger partial charge in [-0.25, -0.2) is 4.79 Å². The summed E-state index contributed by atoms with van der Waals surface area (Å²) in [6.45, 7) is 9.33. The first-order valence-electron chi connectivity index (χ1n) is 10.5. The fourth-order valence-corrected chi connectivity index (χ4v) is 5.20. The molecule has 1 aromatic heterocycles. The Kier molecular flexibility index (Phi) is 6.86. The van der Waals surface area contributed by atoms with Gasteiger partial charge in [-0.2, -0.15) is 0 Å². The molecule has 1 atom stereocenters. The maximum atomic E-state index is 13.1. The molecular formula is C24H31NO4S. The van der Waals surface area contributed by atoms with E-state index < -0.39 is 5.97 Å². The van der Waals surface area contributed by atoms with E-state index in [9.17, 15) is 9.59 Å². The van der Waals surface area contributed by atoms with Crippen LogP contribution in [0, 0.1) is 11.3 Å². The molecule has 6 heteroatoms. The van der Waals surface area contributed by atoms with Crippen LogP contribution in [-0.2, 0) is 17.6 Å². The van der Waals surface area contributed by atoms with Gasteiger partial charge in [0.25, 0.3) is 5.91 Å². The monoisotopic (exact) mass is 429 g/mol. The van der Waals surface area contributed by atoms with E-state index in [1.807, 2.05) is 19.1 Å². The number of amides is 1. The van der Waals surface area contributed by atoms with E-state index in [0.29, 0.717) is 34.4 Å². The van der Waals surface area contributed by atoms with Gasteiger partial charge in [0, 0.05) is 4.88 Å². The summed E-state index contributed by atoms with van der Waals surface area (Å²) >= 11 is 1.50. The Hall–Kier alpha value is -2.34. The number of para-hydroxylation sites is 1. The van der Waals surface area contributed by atoms with Crippen LogP contribution in [0.4, 0.5) is 5.00 Å². The Morgan fingerprint density at radius 1 is 1.23 bits per heavy atom. The summed E-state index contributed by atoms with van der Waals surface area (Å²) in [7, 11) is 1.38. The van der Waals surface area contributed by atoms with Crippen LogP contribution in [0.2, 0.25) is 0 Å². The normalized spacial score (nSPS) is 16.0. The van der Waals surface area contributed by atoms with E-state index in [0.717, 1.165) is 31.2 Å². The lowest BCUT2D eigenvalue weighted by Gasteiger charge is -2.33. The van der Waals surface area contributed by atoms with Crippen molar-refractivity contribution < 1.29 is 19.1 Å². The number of hydrogen-bond donors (Lipinski definition) is 1. The third-order valence-corrected chi connectivity index (χ3v) is 6.87. The molecule has 0 bridgehead atoms. The fraction of sp³-hybridized carbons (Fsp3) is 0.500. The Labute approximate surface area is 182 Å². The van der Waals surface area contributed by atoms with Crippen molar-refractivity contribution in [2.75, 3.05) is 19.0 Å². The van der Waals surface area contributed by atoms with Gasteiger partial charge in [0.2, 0.25) is 0 Å². The van der Waals surface area contributed by atoms with Crippen LogP contribution < -0.4 is 10.1 Å². The van der Waals surface area contributed by atoms with E-state index in [4.69, 9.17) is 9.47 Å². The van der Waals surface area contributed by atoms with Crippen LogP contribution in [0.1, 0.15) is 71.7 Å². The van der Waals surface area contributed by atoms with Gasteiger partial charge in [0.05, 0.1) is 24.8 Å². The summed E-state index contributed by atoms with van der Waals surface area (Å²) in [5.74, 6) is 0.414. The Bertz CT molecular complexity index is 926. The molecule has 1 unspecified atom stereocenters. The van der Waals surface area contributed by atoms with Gasteiger partial charge >= 0.3 is 5.97 Å². The van der Waals surface area contributed by atoms with Crippen LogP contribution in [0.5, 0.6) is 5.75 Å². The summed E-state index contributed by atoms with van der Waals surface area (Å²) in [4.78, 5) is 26.8. The number of hydrogen-bond acceptors (Lipinski definition) is 5. The van der Waals surface area contributed by atoms with Crippen molar-refractivity contribution in [2.45, 2.75) is 53.4 Å². The van der Waals surface area contributed by atoms with Crippen molar-refractivity contribution in [2.24, 2.45) is 11.3 Å². The number of carbonyl (C=O) groups is 2. The van der Waals surface area contributed by atoms with Gasteiger partial charge in [0.1, 0.15) is 10.8 Å². The highest BCUT2D eigenvalue weighted by molar-refractivity contribution is 7.17. The Morgan fingerprint density at radius 2 is 1.97 bits per heavy atom. The lowest BCUT2D eigenvalue weighted by molar-refractivity contribution is 0.0600. The van der Waals surface area contributed by atoms with Crippen LogP contribution in [-0.4, -0.2) is 25.6 Å². The number of fused-ring (bicyclic) bond motifs is 1. The van der Waals surface area contributed by atoms with Gasteiger partial charge in [0.15, 0.2) is 0 Å². The zero-order valence-electron chi connectivity index (χ0n) is 18.5. The molecule has 0 radical (unpaired) electrons. The largest absolute Gasteiger partial charge is 0.493 e. The molecule has 162 valence electrons. The van der Waals surface area contributed by atoms with E-state index in [2.05, 4.69) is 26.1 Å². The van der Waals surface area contributed by atoms with Gasteiger partial charge in [-0.15, -0.1) is 11.3 Å². The van der Waals surface area contributed by atoms with Crippen LogP contribution in [0.15, 0.2) is 24.3 Å². The average molecular weight is 430 g/mol. The molecule has 1 aromatic carbocycles. The molecule has 30 heavy (non-hydrogen) atoms. The van der Waals surface area contributed by atoms with Crippen molar-refractivity contribution in [1.82, 2.24) is 0 Å². The van der Waals surface area contributed by atoms with E-state index >= 15 is 0 Å². The summed E-state index contributed by atoms with van der Waals surface area (Å²) < 4.78 is 10.8. The minimum absolute atomic E-state index is 0.200. The molecule has 1 N–H and O–H groups in total. The summed E-state index contributed by atoms with van der Waals surface area (Å²) in [5.41, 5.74) is 2.19. The van der Waals surface area contributed by atoms with Crippen molar-refractivity contribution in [3.05, 3.63) is 45.8 Å². The number of esters is 1. The number of methoxy groups -OCH3 is 1.